The minimum absolute atomic E-state index is 0.0721. The number of ketones is 1. The van der Waals surface area contributed by atoms with Crippen molar-refractivity contribution in [2.75, 3.05) is 6.61 Å². The molecule has 5 rings (SSSR count). The molecule has 228 valence electrons. The minimum Gasteiger partial charge on any atom is -0.415 e. The van der Waals surface area contributed by atoms with Crippen molar-refractivity contribution in [2.45, 2.75) is 117 Å². The van der Waals surface area contributed by atoms with Crippen molar-refractivity contribution in [3.05, 3.63) is 35.9 Å². The number of fused-ring (bicyclic) bond motifs is 5. The zero-order chi connectivity index (χ0) is 29.6. The van der Waals surface area contributed by atoms with Gasteiger partial charge in [-0.2, -0.15) is 0 Å². The molecular formula is C34H55NO4Si2. The van der Waals surface area contributed by atoms with Gasteiger partial charge in [0, 0.05) is 24.4 Å². The number of hydrogen-bond acceptors (Lipinski definition) is 5. The molecule has 4 saturated carbocycles. The van der Waals surface area contributed by atoms with Crippen LogP contribution in [0.5, 0.6) is 0 Å². The largest absolute Gasteiger partial charge is 0.415 e. The van der Waals surface area contributed by atoms with Gasteiger partial charge in [0.1, 0.15) is 12.4 Å². The Labute approximate surface area is 251 Å². The summed E-state index contributed by atoms with van der Waals surface area (Å²) in [6.07, 6.45) is 9.14. The molecule has 0 aliphatic heterocycles. The summed E-state index contributed by atoms with van der Waals surface area (Å²) in [5.41, 5.74) is 2.18. The van der Waals surface area contributed by atoms with Crippen LogP contribution in [0.4, 0.5) is 0 Å². The predicted octanol–water partition coefficient (Wildman–Crippen LogP) is 8.47. The lowest BCUT2D eigenvalue weighted by Gasteiger charge is -2.60. The Hall–Kier alpha value is -1.29. The van der Waals surface area contributed by atoms with Crippen LogP contribution in [0.15, 0.2) is 35.5 Å². The normalized spacial score (nSPS) is 37.8. The zero-order valence-corrected chi connectivity index (χ0v) is 29.0. The van der Waals surface area contributed by atoms with Crippen LogP contribution in [0.2, 0.25) is 39.3 Å². The van der Waals surface area contributed by atoms with Gasteiger partial charge < -0.3 is 13.7 Å². The van der Waals surface area contributed by atoms with Crippen LogP contribution >= 0.6 is 0 Å². The lowest BCUT2D eigenvalue weighted by molar-refractivity contribution is -0.159. The Kier molecular flexibility index (Phi) is 8.86. The van der Waals surface area contributed by atoms with Crippen molar-refractivity contribution >= 4 is 28.1 Å². The molecule has 1 aromatic rings. The monoisotopic (exact) mass is 597 g/mol. The molecule has 5 nitrogen and oxygen atoms in total. The highest BCUT2D eigenvalue weighted by Gasteiger charge is 2.64. The number of rotatable bonds is 9. The molecule has 0 amide bonds. The van der Waals surface area contributed by atoms with Gasteiger partial charge in [0.05, 0.1) is 12.3 Å². The number of oxime groups is 1. The van der Waals surface area contributed by atoms with Gasteiger partial charge in [-0.25, -0.2) is 0 Å². The molecule has 0 heterocycles. The van der Waals surface area contributed by atoms with Gasteiger partial charge >= 0.3 is 0 Å². The molecule has 1 aromatic carbocycles. The van der Waals surface area contributed by atoms with E-state index in [9.17, 15) is 4.79 Å². The summed E-state index contributed by atoms with van der Waals surface area (Å²) in [7, 11) is -3.31. The highest BCUT2D eigenvalue weighted by atomic mass is 28.4. The zero-order valence-electron chi connectivity index (χ0n) is 27.0. The Morgan fingerprint density at radius 3 is 2.34 bits per heavy atom. The molecule has 0 N–H and O–H groups in total. The van der Waals surface area contributed by atoms with Crippen LogP contribution in [-0.2, 0) is 25.1 Å². The molecule has 0 radical (unpaired) electrons. The summed E-state index contributed by atoms with van der Waals surface area (Å²) in [5, 5.41) is 4.78. The van der Waals surface area contributed by atoms with Gasteiger partial charge in [-0.05, 0) is 118 Å². The first-order chi connectivity index (χ1) is 19.2. The molecule has 41 heavy (non-hydrogen) atoms. The topological polar surface area (TPSA) is 57.1 Å². The van der Waals surface area contributed by atoms with Crippen LogP contribution in [-0.4, -0.2) is 40.8 Å². The molecule has 4 fully saturated rings. The van der Waals surface area contributed by atoms with Crippen LogP contribution in [0, 0.1) is 40.4 Å². The molecule has 0 bridgehead atoms. The van der Waals surface area contributed by atoms with Crippen LogP contribution in [0.25, 0.3) is 0 Å². The summed E-state index contributed by atoms with van der Waals surface area (Å²) in [4.78, 5) is 20.3. The van der Waals surface area contributed by atoms with E-state index in [1.807, 2.05) is 18.2 Å². The van der Waals surface area contributed by atoms with Crippen molar-refractivity contribution in [3.63, 3.8) is 0 Å². The van der Waals surface area contributed by atoms with E-state index in [-0.39, 0.29) is 22.7 Å². The van der Waals surface area contributed by atoms with Crippen molar-refractivity contribution in [2.24, 2.45) is 45.6 Å². The number of benzene rings is 1. The third kappa shape index (κ3) is 6.63. The summed E-state index contributed by atoms with van der Waals surface area (Å²) >= 11 is 0. The average molecular weight is 598 g/mol. The molecule has 8 unspecified atom stereocenters. The third-order valence-corrected chi connectivity index (χ3v) is 13.2. The first-order valence-corrected chi connectivity index (χ1v) is 23.1. The Morgan fingerprint density at radius 2 is 1.66 bits per heavy atom. The quantitative estimate of drug-likeness (QED) is 0.163. The number of nitrogens with zero attached hydrogens (tertiary/aromatic N) is 1. The number of Topliss-reactive ketones (excluding diaryl/α,β-unsaturated/α-hetero) is 1. The highest BCUT2D eigenvalue weighted by molar-refractivity contribution is 6.70. The lowest BCUT2D eigenvalue weighted by Crippen LogP contribution is -2.58. The van der Waals surface area contributed by atoms with E-state index in [4.69, 9.17) is 18.8 Å². The molecule has 8 atom stereocenters. The van der Waals surface area contributed by atoms with E-state index in [1.54, 1.807) is 0 Å². The molecule has 4 aliphatic carbocycles. The Morgan fingerprint density at radius 1 is 0.927 bits per heavy atom. The number of carbonyl (C=O) groups excluding carboxylic acids is 1. The first kappa shape index (κ1) is 31.1. The van der Waals surface area contributed by atoms with Crippen LogP contribution < -0.4 is 0 Å². The Balaban J connectivity index is 1.35. The van der Waals surface area contributed by atoms with Crippen molar-refractivity contribution in [1.82, 2.24) is 0 Å². The second-order valence-electron chi connectivity index (χ2n) is 16.2. The second-order valence-corrected chi connectivity index (χ2v) is 25.2. The maximum atomic E-state index is 14.3. The van der Waals surface area contributed by atoms with E-state index in [0.29, 0.717) is 49.3 Å². The van der Waals surface area contributed by atoms with Gasteiger partial charge in [0.25, 0.3) is 0 Å². The molecule has 7 heteroatoms. The molecular weight excluding hydrogens is 543 g/mol. The van der Waals surface area contributed by atoms with Gasteiger partial charge in [0.2, 0.25) is 0 Å². The van der Waals surface area contributed by atoms with Crippen molar-refractivity contribution < 1.29 is 18.5 Å². The van der Waals surface area contributed by atoms with E-state index >= 15 is 0 Å². The molecule has 0 aromatic heterocycles. The fraction of sp³-hybridized carbons (Fsp3) is 0.765. The van der Waals surface area contributed by atoms with Crippen LogP contribution in [0.3, 0.4) is 0 Å². The second kappa shape index (κ2) is 11.7. The maximum absolute atomic E-state index is 14.3. The lowest BCUT2D eigenvalue weighted by atomic mass is 9.44. The predicted molar refractivity (Wildman–Crippen MR) is 172 cm³/mol. The fourth-order valence-electron chi connectivity index (χ4n) is 9.43. The van der Waals surface area contributed by atoms with Gasteiger partial charge in [-0.1, -0.05) is 49.3 Å². The summed E-state index contributed by atoms with van der Waals surface area (Å²) in [6, 6.07) is 10.2. The highest BCUT2D eigenvalue weighted by Crippen LogP contribution is 2.66. The SMILES string of the molecule is CC12CC(=O)C3C(CCC4CC(O[Si](C)(C)C)CCC43C)C1CCC2/C(CO[Si](C)(C)C)=N/OCc1ccccc1. The molecule has 0 spiro atoms. The summed E-state index contributed by atoms with van der Waals surface area (Å²) in [5.74, 6) is 2.63. The van der Waals surface area contributed by atoms with Gasteiger partial charge in [-0.3, -0.25) is 4.79 Å². The van der Waals surface area contributed by atoms with Gasteiger partial charge in [-0.15, -0.1) is 0 Å². The van der Waals surface area contributed by atoms with Crippen molar-refractivity contribution in [1.29, 1.82) is 0 Å². The van der Waals surface area contributed by atoms with E-state index in [2.05, 4.69) is 65.3 Å². The van der Waals surface area contributed by atoms with Crippen molar-refractivity contribution in [3.8, 4) is 0 Å². The Bertz CT molecular complexity index is 1110. The maximum Gasteiger partial charge on any atom is 0.184 e. The fourth-order valence-corrected chi connectivity index (χ4v) is 11.2. The molecule has 4 aliphatic rings. The summed E-state index contributed by atoms with van der Waals surface area (Å²) in [6.45, 7) is 19.4. The number of hydrogen-bond donors (Lipinski definition) is 0. The molecule has 0 saturated heterocycles. The standard InChI is InChI=1S/C34H55NO4Si2/c1-33-19-18-26(39-41(6,7)8)20-25(33)14-15-27-28-16-17-29(34(28,2)21-31(36)32(27)33)30(23-38-40(3,4)5)35-37-22-24-12-10-9-11-13-24/h9-13,25-29,32H,14-23H2,1-8H3/b35-30+. The summed E-state index contributed by atoms with van der Waals surface area (Å²) < 4.78 is 13.0. The van der Waals surface area contributed by atoms with Gasteiger partial charge in [0.15, 0.2) is 16.6 Å². The minimum atomic E-state index is -1.75. The van der Waals surface area contributed by atoms with E-state index < -0.39 is 16.6 Å². The number of carbonyl (C=O) groups is 1. The average Bonchev–Trinajstić information content (AvgIpc) is 3.21. The van der Waals surface area contributed by atoms with E-state index in [0.717, 1.165) is 37.0 Å². The van der Waals surface area contributed by atoms with E-state index in [1.165, 1.54) is 19.3 Å². The first-order valence-electron chi connectivity index (χ1n) is 16.3. The smallest absolute Gasteiger partial charge is 0.184 e. The van der Waals surface area contributed by atoms with Crippen LogP contribution in [0.1, 0.15) is 70.8 Å². The third-order valence-electron chi connectivity index (χ3n) is 11.1.